The van der Waals surface area contributed by atoms with Gasteiger partial charge in [-0.05, 0) is 25.0 Å². The SMILES string of the molecule is CCCc1noc(CCCC(=O)Nc2nc(-c3ccco3)cs2)n1. The minimum absolute atomic E-state index is 0.0800. The number of hydrogen-bond donors (Lipinski definition) is 1. The van der Waals surface area contributed by atoms with Crippen LogP contribution in [0.15, 0.2) is 32.7 Å². The maximum absolute atomic E-state index is 12.0. The van der Waals surface area contributed by atoms with E-state index in [1.807, 2.05) is 11.4 Å². The Morgan fingerprint density at radius 3 is 3.04 bits per heavy atom. The maximum atomic E-state index is 12.0. The Kier molecular flexibility index (Phi) is 5.37. The van der Waals surface area contributed by atoms with Gasteiger partial charge in [0.05, 0.1) is 6.26 Å². The summed E-state index contributed by atoms with van der Waals surface area (Å²) in [5, 5.41) is 9.10. The van der Waals surface area contributed by atoms with Crippen LogP contribution in [0.1, 0.15) is 37.9 Å². The van der Waals surface area contributed by atoms with Gasteiger partial charge in [-0.15, -0.1) is 11.3 Å². The molecular formula is C16H18N4O3S. The van der Waals surface area contributed by atoms with Crippen LogP contribution in [-0.2, 0) is 17.6 Å². The summed E-state index contributed by atoms with van der Waals surface area (Å²) < 4.78 is 10.4. The van der Waals surface area contributed by atoms with Gasteiger partial charge in [0.15, 0.2) is 16.7 Å². The molecular weight excluding hydrogens is 328 g/mol. The summed E-state index contributed by atoms with van der Waals surface area (Å²) in [6.07, 6.45) is 5.01. The molecule has 3 aromatic rings. The molecule has 7 nitrogen and oxygen atoms in total. The fourth-order valence-electron chi connectivity index (χ4n) is 2.17. The Labute approximate surface area is 143 Å². The monoisotopic (exact) mass is 346 g/mol. The van der Waals surface area contributed by atoms with Gasteiger partial charge < -0.3 is 14.3 Å². The number of nitrogens with one attached hydrogen (secondary N) is 1. The number of aryl methyl sites for hydroxylation is 2. The lowest BCUT2D eigenvalue weighted by Gasteiger charge is -2.00. The summed E-state index contributed by atoms with van der Waals surface area (Å²) in [4.78, 5) is 20.6. The molecule has 126 valence electrons. The van der Waals surface area contributed by atoms with Crippen molar-refractivity contribution in [2.45, 2.75) is 39.0 Å². The van der Waals surface area contributed by atoms with E-state index in [1.165, 1.54) is 11.3 Å². The van der Waals surface area contributed by atoms with E-state index in [0.29, 0.717) is 36.0 Å². The number of anilines is 1. The van der Waals surface area contributed by atoms with Gasteiger partial charge in [0.1, 0.15) is 5.69 Å². The molecule has 0 aliphatic carbocycles. The van der Waals surface area contributed by atoms with Crippen LogP contribution in [0.3, 0.4) is 0 Å². The van der Waals surface area contributed by atoms with Crippen LogP contribution in [0, 0.1) is 0 Å². The number of carbonyl (C=O) groups is 1. The minimum atomic E-state index is -0.0800. The van der Waals surface area contributed by atoms with Crippen LogP contribution in [0.5, 0.6) is 0 Å². The predicted molar refractivity (Wildman–Crippen MR) is 89.7 cm³/mol. The summed E-state index contributed by atoms with van der Waals surface area (Å²) >= 11 is 1.37. The first-order valence-electron chi connectivity index (χ1n) is 7.85. The molecule has 0 fully saturated rings. The van der Waals surface area contributed by atoms with Crippen LogP contribution in [0.4, 0.5) is 5.13 Å². The molecule has 0 aromatic carbocycles. The maximum Gasteiger partial charge on any atom is 0.226 e. The number of carbonyl (C=O) groups excluding carboxylic acids is 1. The molecule has 24 heavy (non-hydrogen) atoms. The van der Waals surface area contributed by atoms with Crippen molar-refractivity contribution in [3.8, 4) is 11.5 Å². The lowest BCUT2D eigenvalue weighted by Crippen LogP contribution is -2.11. The number of rotatable bonds is 8. The van der Waals surface area contributed by atoms with Gasteiger partial charge >= 0.3 is 0 Å². The van der Waals surface area contributed by atoms with E-state index in [2.05, 4.69) is 27.4 Å². The molecule has 0 radical (unpaired) electrons. The summed E-state index contributed by atoms with van der Waals surface area (Å²) in [5.41, 5.74) is 0.717. The lowest BCUT2D eigenvalue weighted by atomic mass is 10.2. The molecule has 0 saturated carbocycles. The fraction of sp³-hybridized carbons (Fsp3) is 0.375. The number of amides is 1. The molecule has 0 unspecified atom stereocenters. The smallest absolute Gasteiger partial charge is 0.226 e. The van der Waals surface area contributed by atoms with Crippen molar-refractivity contribution in [2.75, 3.05) is 5.32 Å². The van der Waals surface area contributed by atoms with Gasteiger partial charge in [-0.1, -0.05) is 12.1 Å². The minimum Gasteiger partial charge on any atom is -0.463 e. The van der Waals surface area contributed by atoms with Crippen LogP contribution in [0.2, 0.25) is 0 Å². The second kappa shape index (κ2) is 7.87. The first kappa shape index (κ1) is 16.4. The highest BCUT2D eigenvalue weighted by Crippen LogP contribution is 2.25. The van der Waals surface area contributed by atoms with Gasteiger partial charge in [-0.25, -0.2) is 4.98 Å². The third-order valence-corrected chi connectivity index (χ3v) is 4.06. The van der Waals surface area contributed by atoms with Crippen LogP contribution in [0.25, 0.3) is 11.5 Å². The first-order chi connectivity index (χ1) is 11.7. The van der Waals surface area contributed by atoms with Gasteiger partial charge in [-0.2, -0.15) is 4.98 Å². The average Bonchev–Trinajstić information content (AvgIpc) is 3.28. The second-order valence-corrected chi connectivity index (χ2v) is 6.13. The van der Waals surface area contributed by atoms with Crippen molar-refractivity contribution >= 4 is 22.4 Å². The van der Waals surface area contributed by atoms with E-state index >= 15 is 0 Å². The molecule has 0 aliphatic heterocycles. The average molecular weight is 346 g/mol. The van der Waals surface area contributed by atoms with E-state index in [1.54, 1.807) is 12.3 Å². The largest absolute Gasteiger partial charge is 0.463 e. The summed E-state index contributed by atoms with van der Waals surface area (Å²) in [6, 6.07) is 3.63. The number of furan rings is 1. The van der Waals surface area contributed by atoms with Crippen LogP contribution in [-0.4, -0.2) is 21.0 Å². The van der Waals surface area contributed by atoms with Crippen molar-refractivity contribution in [3.05, 3.63) is 35.5 Å². The zero-order chi connectivity index (χ0) is 16.8. The van der Waals surface area contributed by atoms with Crippen molar-refractivity contribution < 1.29 is 13.7 Å². The summed E-state index contributed by atoms with van der Waals surface area (Å²) in [5.74, 6) is 1.92. The second-order valence-electron chi connectivity index (χ2n) is 5.27. The molecule has 3 aromatic heterocycles. The van der Waals surface area contributed by atoms with E-state index in [-0.39, 0.29) is 5.91 Å². The van der Waals surface area contributed by atoms with E-state index in [0.717, 1.165) is 24.4 Å². The third kappa shape index (κ3) is 4.29. The Hall–Kier alpha value is -2.48. The highest BCUT2D eigenvalue weighted by atomic mass is 32.1. The Balaban J connectivity index is 1.44. The first-order valence-corrected chi connectivity index (χ1v) is 8.73. The van der Waals surface area contributed by atoms with Crippen LogP contribution >= 0.6 is 11.3 Å². The van der Waals surface area contributed by atoms with Gasteiger partial charge in [0.25, 0.3) is 0 Å². The topological polar surface area (TPSA) is 94.1 Å². The summed E-state index contributed by atoms with van der Waals surface area (Å²) in [7, 11) is 0. The molecule has 1 N–H and O–H groups in total. The number of hydrogen-bond acceptors (Lipinski definition) is 7. The molecule has 3 heterocycles. The van der Waals surface area contributed by atoms with Crippen molar-refractivity contribution in [2.24, 2.45) is 0 Å². The number of thiazole rings is 1. The number of nitrogens with zero attached hydrogens (tertiary/aromatic N) is 3. The molecule has 0 atom stereocenters. The fourth-order valence-corrected chi connectivity index (χ4v) is 2.88. The molecule has 0 spiro atoms. The van der Waals surface area contributed by atoms with E-state index in [9.17, 15) is 4.79 Å². The highest BCUT2D eigenvalue weighted by Gasteiger charge is 2.11. The van der Waals surface area contributed by atoms with Gasteiger partial charge in [-0.3, -0.25) is 4.79 Å². The van der Waals surface area contributed by atoms with Crippen molar-refractivity contribution in [1.82, 2.24) is 15.1 Å². The van der Waals surface area contributed by atoms with Crippen molar-refractivity contribution in [1.29, 1.82) is 0 Å². The van der Waals surface area contributed by atoms with Gasteiger partial charge in [0.2, 0.25) is 11.8 Å². The van der Waals surface area contributed by atoms with E-state index in [4.69, 9.17) is 8.94 Å². The quantitative estimate of drug-likeness (QED) is 0.668. The zero-order valence-electron chi connectivity index (χ0n) is 13.3. The Bertz CT molecular complexity index is 779. The summed E-state index contributed by atoms with van der Waals surface area (Å²) in [6.45, 7) is 2.07. The molecule has 1 amide bonds. The van der Waals surface area contributed by atoms with Crippen LogP contribution < -0.4 is 5.32 Å². The lowest BCUT2D eigenvalue weighted by molar-refractivity contribution is -0.116. The third-order valence-electron chi connectivity index (χ3n) is 3.30. The Morgan fingerprint density at radius 1 is 1.33 bits per heavy atom. The number of aromatic nitrogens is 3. The predicted octanol–water partition coefficient (Wildman–Crippen LogP) is 3.70. The normalized spacial score (nSPS) is 10.9. The molecule has 3 rings (SSSR count). The standard InChI is InChI=1S/C16H18N4O3S/c1-2-5-13-18-15(23-20-13)8-3-7-14(21)19-16-17-11(10-24-16)12-6-4-9-22-12/h4,6,9-10H,2-3,5,7-8H2,1H3,(H,17,19,21). The zero-order valence-corrected chi connectivity index (χ0v) is 14.1. The Morgan fingerprint density at radius 2 is 2.25 bits per heavy atom. The molecule has 0 bridgehead atoms. The van der Waals surface area contributed by atoms with Gasteiger partial charge in [0, 0.05) is 24.6 Å². The molecule has 8 heteroatoms. The molecule has 0 saturated heterocycles. The van der Waals surface area contributed by atoms with E-state index < -0.39 is 0 Å². The van der Waals surface area contributed by atoms with Crippen molar-refractivity contribution in [3.63, 3.8) is 0 Å². The highest BCUT2D eigenvalue weighted by molar-refractivity contribution is 7.14. The molecule has 0 aliphatic rings.